The van der Waals surface area contributed by atoms with Crippen LogP contribution in [0.15, 0.2) is 27.3 Å². The van der Waals surface area contributed by atoms with Crippen LogP contribution < -0.4 is 0 Å². The summed E-state index contributed by atoms with van der Waals surface area (Å²) in [5, 5.41) is 3.87. The largest absolute Gasteiger partial charge is 0.462 e. The van der Waals surface area contributed by atoms with Crippen LogP contribution in [0.5, 0.6) is 0 Å². The number of nitrogens with zero attached hydrogens (tertiary/aromatic N) is 2. The lowest BCUT2D eigenvalue weighted by Gasteiger charge is -2.02. The first-order valence-corrected chi connectivity index (χ1v) is 6.18. The van der Waals surface area contributed by atoms with Gasteiger partial charge in [0.25, 0.3) is 0 Å². The quantitative estimate of drug-likeness (QED) is 0.815. The molecule has 2 aromatic heterocycles. The number of aryl methyl sites for hydroxylation is 1. The van der Waals surface area contributed by atoms with Gasteiger partial charge >= 0.3 is 5.97 Å². The zero-order chi connectivity index (χ0) is 13.1. The molecule has 0 spiro atoms. The van der Waals surface area contributed by atoms with Gasteiger partial charge < -0.3 is 9.26 Å². The number of rotatable bonds is 3. The van der Waals surface area contributed by atoms with Gasteiger partial charge in [-0.25, -0.2) is 4.79 Å². The normalized spacial score (nSPS) is 10.4. The molecular weight excluding hydrogens is 300 g/mol. The zero-order valence-corrected chi connectivity index (χ0v) is 11.5. The molecule has 0 fully saturated rings. The predicted octanol–water partition coefficient (Wildman–Crippen LogP) is 2.98. The fraction of sp³-hybridized carbons (Fsp3) is 0.250. The number of esters is 1. The Morgan fingerprint density at radius 1 is 1.50 bits per heavy atom. The molecule has 0 unspecified atom stereocenters. The van der Waals surface area contributed by atoms with E-state index in [1.807, 2.05) is 6.07 Å². The lowest BCUT2D eigenvalue weighted by molar-refractivity contribution is 0.0525. The highest BCUT2D eigenvalue weighted by molar-refractivity contribution is 9.10. The third-order valence-corrected chi connectivity index (χ3v) is 2.78. The van der Waals surface area contributed by atoms with Crippen LogP contribution in [0.1, 0.15) is 23.0 Å². The molecule has 0 aliphatic carbocycles. The summed E-state index contributed by atoms with van der Waals surface area (Å²) in [6.07, 6.45) is 1.63. The van der Waals surface area contributed by atoms with Crippen molar-refractivity contribution >= 4 is 21.9 Å². The van der Waals surface area contributed by atoms with E-state index >= 15 is 0 Å². The number of pyridine rings is 1. The molecule has 0 amide bonds. The van der Waals surface area contributed by atoms with Gasteiger partial charge in [-0.1, -0.05) is 5.16 Å². The van der Waals surface area contributed by atoms with Gasteiger partial charge in [0.15, 0.2) is 0 Å². The first-order chi connectivity index (χ1) is 8.63. The Morgan fingerprint density at radius 3 is 2.89 bits per heavy atom. The van der Waals surface area contributed by atoms with Crippen molar-refractivity contribution < 1.29 is 14.1 Å². The summed E-state index contributed by atoms with van der Waals surface area (Å²) in [5.41, 5.74) is 1.29. The highest BCUT2D eigenvalue weighted by Gasteiger charge is 2.23. The fourth-order valence-corrected chi connectivity index (χ4v) is 1.74. The minimum absolute atomic E-state index is 0.302. The van der Waals surface area contributed by atoms with Gasteiger partial charge in [0.05, 0.1) is 12.3 Å². The van der Waals surface area contributed by atoms with Gasteiger partial charge in [-0.15, -0.1) is 0 Å². The highest BCUT2D eigenvalue weighted by atomic mass is 79.9. The molecule has 2 heterocycles. The summed E-state index contributed by atoms with van der Waals surface area (Å²) < 4.78 is 10.9. The van der Waals surface area contributed by atoms with Crippen LogP contribution in [-0.4, -0.2) is 22.7 Å². The number of aromatic nitrogens is 2. The minimum atomic E-state index is -0.448. The Hall–Kier alpha value is -1.69. The first-order valence-electron chi connectivity index (χ1n) is 5.38. The van der Waals surface area contributed by atoms with E-state index in [1.54, 1.807) is 26.1 Å². The van der Waals surface area contributed by atoms with E-state index in [2.05, 4.69) is 26.1 Å². The lowest BCUT2D eigenvalue weighted by atomic mass is 10.1. The second kappa shape index (κ2) is 5.30. The van der Waals surface area contributed by atoms with Crippen LogP contribution >= 0.6 is 15.9 Å². The van der Waals surface area contributed by atoms with Crippen LogP contribution in [0.25, 0.3) is 11.4 Å². The van der Waals surface area contributed by atoms with Crippen molar-refractivity contribution in [3.8, 4) is 11.4 Å². The molecular formula is C12H11BrN2O3. The van der Waals surface area contributed by atoms with Gasteiger partial charge in [-0.05, 0) is 41.9 Å². The van der Waals surface area contributed by atoms with Crippen LogP contribution in [0.3, 0.4) is 0 Å². The summed E-state index contributed by atoms with van der Waals surface area (Å²) in [4.78, 5) is 16.0. The number of carbonyl (C=O) groups is 1. The summed E-state index contributed by atoms with van der Waals surface area (Å²) in [6.45, 7) is 3.72. The molecule has 2 aromatic rings. The smallest absolute Gasteiger partial charge is 0.344 e. The van der Waals surface area contributed by atoms with E-state index in [0.717, 1.165) is 4.47 Å². The summed E-state index contributed by atoms with van der Waals surface area (Å²) in [6, 6.07) is 3.57. The van der Waals surface area contributed by atoms with E-state index < -0.39 is 5.97 Å². The Kier molecular flexibility index (Phi) is 3.76. The Labute approximate surface area is 112 Å². The maximum absolute atomic E-state index is 11.8. The molecule has 0 bridgehead atoms. The van der Waals surface area contributed by atoms with E-state index in [-0.39, 0.29) is 0 Å². The third-order valence-electron chi connectivity index (χ3n) is 2.31. The van der Waals surface area contributed by atoms with Crippen molar-refractivity contribution in [3.63, 3.8) is 0 Å². The first kappa shape index (κ1) is 12.8. The molecule has 0 aliphatic heterocycles. The van der Waals surface area contributed by atoms with Crippen molar-refractivity contribution in [2.75, 3.05) is 6.61 Å². The Bertz CT molecular complexity index is 563. The molecule has 94 valence electrons. The van der Waals surface area contributed by atoms with E-state index in [9.17, 15) is 4.79 Å². The van der Waals surface area contributed by atoms with Crippen LogP contribution in [0.2, 0.25) is 0 Å². The van der Waals surface area contributed by atoms with Gasteiger partial charge in [-0.3, -0.25) is 4.98 Å². The van der Waals surface area contributed by atoms with Gasteiger partial charge in [-0.2, -0.15) is 0 Å². The van der Waals surface area contributed by atoms with E-state index in [4.69, 9.17) is 9.26 Å². The number of hydrogen-bond donors (Lipinski definition) is 0. The van der Waals surface area contributed by atoms with Crippen LogP contribution in [0.4, 0.5) is 0 Å². The Balaban J connectivity index is 2.45. The van der Waals surface area contributed by atoms with Crippen molar-refractivity contribution in [1.82, 2.24) is 10.1 Å². The fourth-order valence-electron chi connectivity index (χ4n) is 1.51. The summed E-state index contributed by atoms with van der Waals surface area (Å²) in [7, 11) is 0. The predicted molar refractivity (Wildman–Crippen MR) is 68.1 cm³/mol. The third kappa shape index (κ3) is 2.43. The zero-order valence-electron chi connectivity index (χ0n) is 9.94. The molecule has 0 saturated carbocycles. The number of hydrogen-bond acceptors (Lipinski definition) is 5. The Morgan fingerprint density at radius 2 is 2.28 bits per heavy atom. The van der Waals surface area contributed by atoms with Crippen molar-refractivity contribution in [3.05, 3.63) is 34.1 Å². The van der Waals surface area contributed by atoms with E-state index in [0.29, 0.717) is 29.3 Å². The van der Waals surface area contributed by atoms with Crippen molar-refractivity contribution in [2.45, 2.75) is 13.8 Å². The SMILES string of the molecule is CCOC(=O)c1c(-c2ccc(Br)cn2)noc1C. The van der Waals surface area contributed by atoms with Gasteiger partial charge in [0.2, 0.25) is 0 Å². The van der Waals surface area contributed by atoms with Crippen LogP contribution in [0, 0.1) is 6.92 Å². The standard InChI is InChI=1S/C12H11BrN2O3/c1-3-17-12(16)10-7(2)18-15-11(10)9-5-4-8(13)6-14-9/h4-6H,3H2,1-2H3. The molecule has 0 aromatic carbocycles. The molecule has 0 aliphatic rings. The maximum atomic E-state index is 11.8. The number of ether oxygens (including phenoxy) is 1. The second-order valence-electron chi connectivity index (χ2n) is 3.54. The van der Waals surface area contributed by atoms with Gasteiger partial charge in [0, 0.05) is 10.7 Å². The molecule has 0 N–H and O–H groups in total. The average Bonchev–Trinajstić information content (AvgIpc) is 2.72. The summed E-state index contributed by atoms with van der Waals surface area (Å²) >= 11 is 3.30. The molecule has 0 saturated heterocycles. The molecule has 18 heavy (non-hydrogen) atoms. The van der Waals surface area contributed by atoms with E-state index in [1.165, 1.54) is 0 Å². The van der Waals surface area contributed by atoms with Crippen molar-refractivity contribution in [1.29, 1.82) is 0 Å². The minimum Gasteiger partial charge on any atom is -0.462 e. The lowest BCUT2D eigenvalue weighted by Crippen LogP contribution is -2.06. The van der Waals surface area contributed by atoms with Crippen LogP contribution in [-0.2, 0) is 4.74 Å². The highest BCUT2D eigenvalue weighted by Crippen LogP contribution is 2.25. The monoisotopic (exact) mass is 310 g/mol. The average molecular weight is 311 g/mol. The molecule has 2 rings (SSSR count). The van der Waals surface area contributed by atoms with Gasteiger partial charge in [0.1, 0.15) is 17.0 Å². The maximum Gasteiger partial charge on any atom is 0.344 e. The number of carbonyl (C=O) groups excluding carboxylic acids is 1. The molecule has 0 atom stereocenters. The topological polar surface area (TPSA) is 65.2 Å². The molecule has 5 nitrogen and oxygen atoms in total. The van der Waals surface area contributed by atoms with Crippen molar-refractivity contribution in [2.24, 2.45) is 0 Å². The summed E-state index contributed by atoms with van der Waals surface area (Å²) in [5.74, 6) is -0.0239. The molecule has 0 radical (unpaired) electrons. The molecule has 6 heteroatoms. The second-order valence-corrected chi connectivity index (χ2v) is 4.46. The number of halogens is 1.